The maximum absolute atomic E-state index is 5.69. The van der Waals surface area contributed by atoms with Crippen LogP contribution in [-0.4, -0.2) is 19.6 Å². The van der Waals surface area contributed by atoms with Gasteiger partial charge in [0.2, 0.25) is 5.90 Å². The summed E-state index contributed by atoms with van der Waals surface area (Å²) < 4.78 is 10.8. The van der Waals surface area contributed by atoms with Crippen LogP contribution in [0.2, 0.25) is 0 Å². The van der Waals surface area contributed by atoms with Gasteiger partial charge >= 0.3 is 0 Å². The fourth-order valence-corrected chi connectivity index (χ4v) is 2.11. The summed E-state index contributed by atoms with van der Waals surface area (Å²) in [5, 5.41) is 0. The van der Waals surface area contributed by atoms with Crippen LogP contribution in [-0.2, 0) is 4.74 Å². The molecule has 1 aliphatic rings. The van der Waals surface area contributed by atoms with Crippen molar-refractivity contribution in [3.63, 3.8) is 0 Å². The molecular formula is C16H15NO2. The van der Waals surface area contributed by atoms with Gasteiger partial charge in [0.05, 0.1) is 7.11 Å². The van der Waals surface area contributed by atoms with Gasteiger partial charge in [0, 0.05) is 5.56 Å². The van der Waals surface area contributed by atoms with Gasteiger partial charge in [0.15, 0.2) is 0 Å². The maximum atomic E-state index is 5.69. The van der Waals surface area contributed by atoms with Crippen LogP contribution in [0.5, 0.6) is 5.75 Å². The van der Waals surface area contributed by atoms with Crippen LogP contribution in [0, 0.1) is 0 Å². The first-order chi connectivity index (χ1) is 9.36. The van der Waals surface area contributed by atoms with Gasteiger partial charge in [-0.25, -0.2) is 4.99 Å². The summed E-state index contributed by atoms with van der Waals surface area (Å²) >= 11 is 0. The molecule has 19 heavy (non-hydrogen) atoms. The molecule has 1 atom stereocenters. The zero-order valence-corrected chi connectivity index (χ0v) is 10.7. The molecule has 0 fully saturated rings. The summed E-state index contributed by atoms with van der Waals surface area (Å²) in [6, 6.07) is 18.1. The molecule has 2 aromatic rings. The number of aliphatic imine (C=N–C) groups is 1. The molecule has 1 heterocycles. The van der Waals surface area contributed by atoms with Crippen molar-refractivity contribution in [1.29, 1.82) is 0 Å². The number of hydrogen-bond donors (Lipinski definition) is 0. The van der Waals surface area contributed by atoms with Crippen molar-refractivity contribution < 1.29 is 9.47 Å². The molecule has 3 nitrogen and oxygen atoms in total. The molecule has 0 unspecified atom stereocenters. The Morgan fingerprint density at radius 1 is 1.05 bits per heavy atom. The molecule has 0 N–H and O–H groups in total. The second kappa shape index (κ2) is 5.14. The summed E-state index contributed by atoms with van der Waals surface area (Å²) in [6.07, 6.45) is 0. The van der Waals surface area contributed by atoms with Crippen LogP contribution in [0.4, 0.5) is 0 Å². The second-order valence-corrected chi connectivity index (χ2v) is 4.40. The third kappa shape index (κ3) is 2.45. The Balaban J connectivity index is 1.82. The predicted molar refractivity (Wildman–Crippen MR) is 74.7 cm³/mol. The molecule has 3 rings (SSSR count). The molecule has 96 valence electrons. The Bertz CT molecular complexity index is 575. The lowest BCUT2D eigenvalue weighted by Crippen LogP contribution is -2.01. The summed E-state index contributed by atoms with van der Waals surface area (Å²) in [7, 11) is 1.66. The van der Waals surface area contributed by atoms with Crippen molar-refractivity contribution in [2.75, 3.05) is 13.7 Å². The van der Waals surface area contributed by atoms with Crippen molar-refractivity contribution in [2.24, 2.45) is 4.99 Å². The van der Waals surface area contributed by atoms with Gasteiger partial charge in [-0.2, -0.15) is 0 Å². The molecule has 0 bridgehead atoms. The fraction of sp³-hybridized carbons (Fsp3) is 0.188. The van der Waals surface area contributed by atoms with Crippen molar-refractivity contribution >= 4 is 5.90 Å². The average molecular weight is 253 g/mol. The standard InChI is InChI=1S/C16H15NO2/c1-18-14-9-7-13(8-10-14)16-17-15(11-19-16)12-5-3-2-4-6-12/h2-10,15H,11H2,1H3/t15-/m1/s1. The number of hydrogen-bond acceptors (Lipinski definition) is 3. The quantitative estimate of drug-likeness (QED) is 0.841. The Morgan fingerprint density at radius 2 is 1.79 bits per heavy atom. The monoisotopic (exact) mass is 253 g/mol. The third-order valence-corrected chi connectivity index (χ3v) is 3.17. The highest BCUT2D eigenvalue weighted by atomic mass is 16.5. The van der Waals surface area contributed by atoms with E-state index in [1.807, 2.05) is 42.5 Å². The Morgan fingerprint density at radius 3 is 2.47 bits per heavy atom. The number of methoxy groups -OCH3 is 1. The second-order valence-electron chi connectivity index (χ2n) is 4.40. The molecule has 0 aromatic heterocycles. The van der Waals surface area contributed by atoms with Crippen LogP contribution in [0.25, 0.3) is 0 Å². The molecule has 0 saturated carbocycles. The first-order valence-corrected chi connectivity index (χ1v) is 6.27. The van der Waals surface area contributed by atoms with E-state index < -0.39 is 0 Å². The predicted octanol–water partition coefficient (Wildman–Crippen LogP) is 3.21. The molecule has 0 aliphatic carbocycles. The van der Waals surface area contributed by atoms with E-state index in [2.05, 4.69) is 17.1 Å². The minimum Gasteiger partial charge on any atom is -0.497 e. The van der Waals surface area contributed by atoms with Gasteiger partial charge in [0.1, 0.15) is 18.4 Å². The van der Waals surface area contributed by atoms with E-state index in [-0.39, 0.29) is 6.04 Å². The molecule has 0 amide bonds. The Hall–Kier alpha value is -2.29. The topological polar surface area (TPSA) is 30.8 Å². The lowest BCUT2D eigenvalue weighted by Gasteiger charge is -2.03. The van der Waals surface area contributed by atoms with Crippen molar-refractivity contribution in [3.8, 4) is 5.75 Å². The minimum atomic E-state index is 0.0956. The van der Waals surface area contributed by atoms with Gasteiger partial charge in [0.25, 0.3) is 0 Å². The fourth-order valence-electron chi connectivity index (χ4n) is 2.11. The van der Waals surface area contributed by atoms with Gasteiger partial charge in [-0.05, 0) is 29.8 Å². The Labute approximate surface area is 112 Å². The maximum Gasteiger partial charge on any atom is 0.216 e. The molecular weight excluding hydrogens is 238 g/mol. The lowest BCUT2D eigenvalue weighted by atomic mass is 10.1. The number of rotatable bonds is 3. The van der Waals surface area contributed by atoms with Crippen LogP contribution < -0.4 is 4.74 Å². The van der Waals surface area contributed by atoms with E-state index in [1.165, 1.54) is 5.56 Å². The average Bonchev–Trinajstić information content (AvgIpc) is 2.98. The molecule has 3 heteroatoms. The van der Waals surface area contributed by atoms with Crippen LogP contribution in [0.3, 0.4) is 0 Å². The minimum absolute atomic E-state index is 0.0956. The number of benzene rings is 2. The van der Waals surface area contributed by atoms with Crippen LogP contribution in [0.15, 0.2) is 59.6 Å². The molecule has 0 spiro atoms. The number of ether oxygens (including phenoxy) is 2. The largest absolute Gasteiger partial charge is 0.497 e. The molecule has 0 radical (unpaired) electrons. The van der Waals surface area contributed by atoms with Crippen molar-refractivity contribution in [2.45, 2.75) is 6.04 Å². The van der Waals surface area contributed by atoms with Gasteiger partial charge < -0.3 is 9.47 Å². The number of nitrogens with zero attached hydrogens (tertiary/aromatic N) is 1. The third-order valence-electron chi connectivity index (χ3n) is 3.17. The highest BCUT2D eigenvalue weighted by Gasteiger charge is 2.21. The SMILES string of the molecule is COc1ccc(C2=N[C@@H](c3ccccc3)CO2)cc1. The molecule has 0 saturated heterocycles. The highest BCUT2D eigenvalue weighted by molar-refractivity contribution is 5.95. The Kier molecular flexibility index (Phi) is 3.19. The van der Waals surface area contributed by atoms with Crippen molar-refractivity contribution in [1.82, 2.24) is 0 Å². The zero-order valence-electron chi connectivity index (χ0n) is 10.7. The van der Waals surface area contributed by atoms with Crippen molar-refractivity contribution in [3.05, 3.63) is 65.7 Å². The highest BCUT2D eigenvalue weighted by Crippen LogP contribution is 2.25. The van der Waals surface area contributed by atoms with Gasteiger partial charge in [-0.3, -0.25) is 0 Å². The lowest BCUT2D eigenvalue weighted by molar-refractivity contribution is 0.320. The summed E-state index contributed by atoms with van der Waals surface area (Å²) in [4.78, 5) is 4.64. The summed E-state index contributed by atoms with van der Waals surface area (Å²) in [6.45, 7) is 0.603. The van der Waals surface area contributed by atoms with Crippen LogP contribution in [0.1, 0.15) is 17.2 Å². The van der Waals surface area contributed by atoms with E-state index in [0.29, 0.717) is 12.5 Å². The molecule has 1 aliphatic heterocycles. The van der Waals surface area contributed by atoms with E-state index in [1.54, 1.807) is 7.11 Å². The zero-order chi connectivity index (χ0) is 13.1. The first kappa shape index (κ1) is 11.8. The first-order valence-electron chi connectivity index (χ1n) is 6.27. The van der Waals surface area contributed by atoms with E-state index in [9.17, 15) is 0 Å². The van der Waals surface area contributed by atoms with E-state index in [0.717, 1.165) is 11.3 Å². The summed E-state index contributed by atoms with van der Waals surface area (Å²) in [5.74, 6) is 1.54. The smallest absolute Gasteiger partial charge is 0.216 e. The van der Waals surface area contributed by atoms with E-state index in [4.69, 9.17) is 9.47 Å². The van der Waals surface area contributed by atoms with Gasteiger partial charge in [-0.1, -0.05) is 30.3 Å². The normalized spacial score (nSPS) is 17.7. The van der Waals surface area contributed by atoms with Gasteiger partial charge in [-0.15, -0.1) is 0 Å². The van der Waals surface area contributed by atoms with Crippen LogP contribution >= 0.6 is 0 Å². The van der Waals surface area contributed by atoms with E-state index >= 15 is 0 Å². The summed E-state index contributed by atoms with van der Waals surface area (Å²) in [5.41, 5.74) is 2.17. The molecule has 2 aromatic carbocycles.